The number of rotatable bonds is 8. The van der Waals surface area contributed by atoms with Gasteiger partial charge in [-0.1, -0.05) is 38.1 Å². The lowest BCUT2D eigenvalue weighted by atomic mass is 9.85. The Hall–Kier alpha value is -3.56. The predicted molar refractivity (Wildman–Crippen MR) is 135 cm³/mol. The van der Waals surface area contributed by atoms with Crippen molar-refractivity contribution in [1.82, 2.24) is 9.88 Å². The molecule has 2 aliphatic rings. The van der Waals surface area contributed by atoms with Crippen molar-refractivity contribution in [3.8, 4) is 0 Å². The standard InChI is InChI=1S/C27H32N4O5/c1-4-27(36-25(33)21(29)10-7-8-12-28)16(2)20(15-35-26(27)34)24(32)31-14-19-13-18-9-5-6-11-22(18)30-23(19)17(31)3/h5-6,9,11,13,21H,3-4,7-8,10,12,14-15,28-29H2,1-2H3/t21-,27-/m0/s1. The Labute approximate surface area is 210 Å². The van der Waals surface area contributed by atoms with Crippen LogP contribution >= 0.6 is 0 Å². The SMILES string of the molecule is C=C1c2nc3ccccc3cc2CN1C(=O)C1=C(C)[C@](CC)(OC(=O)[C@@H](N)CCCCN)C(=O)OC1. The largest absolute Gasteiger partial charge is 0.457 e. The number of fused-ring (bicyclic) bond motifs is 2. The van der Waals surface area contributed by atoms with E-state index in [0.717, 1.165) is 22.9 Å². The lowest BCUT2D eigenvalue weighted by Gasteiger charge is -2.37. The summed E-state index contributed by atoms with van der Waals surface area (Å²) in [6, 6.07) is 8.81. The molecule has 2 aromatic rings. The Morgan fingerprint density at radius 2 is 2.06 bits per heavy atom. The maximum atomic E-state index is 13.7. The van der Waals surface area contributed by atoms with Crippen molar-refractivity contribution in [2.24, 2.45) is 11.5 Å². The highest BCUT2D eigenvalue weighted by atomic mass is 16.6. The van der Waals surface area contributed by atoms with E-state index < -0.39 is 23.6 Å². The number of hydrogen-bond acceptors (Lipinski definition) is 8. The van der Waals surface area contributed by atoms with E-state index in [1.165, 1.54) is 4.90 Å². The number of carbonyl (C=O) groups excluding carboxylic acids is 3. The number of ether oxygens (including phenoxy) is 2. The van der Waals surface area contributed by atoms with Crippen LogP contribution in [-0.4, -0.2) is 52.5 Å². The molecule has 4 N–H and O–H groups in total. The fourth-order valence-corrected chi connectivity index (χ4v) is 4.74. The van der Waals surface area contributed by atoms with Gasteiger partial charge in [0.25, 0.3) is 5.91 Å². The first-order chi connectivity index (χ1) is 17.2. The van der Waals surface area contributed by atoms with Gasteiger partial charge in [0.1, 0.15) is 12.6 Å². The first kappa shape index (κ1) is 25.5. The van der Waals surface area contributed by atoms with Gasteiger partial charge >= 0.3 is 11.9 Å². The maximum Gasteiger partial charge on any atom is 0.355 e. The number of cyclic esters (lactones) is 1. The molecule has 2 aliphatic heterocycles. The molecule has 9 heteroatoms. The van der Waals surface area contributed by atoms with E-state index in [1.807, 2.05) is 30.3 Å². The Balaban J connectivity index is 1.61. The molecule has 2 atom stereocenters. The number of carbonyl (C=O) groups is 3. The molecular formula is C27H32N4O5. The van der Waals surface area contributed by atoms with Crippen molar-refractivity contribution in [3.05, 3.63) is 59.3 Å². The summed E-state index contributed by atoms with van der Waals surface area (Å²) in [6.45, 7) is 8.00. The minimum Gasteiger partial charge on any atom is -0.457 e. The van der Waals surface area contributed by atoms with Gasteiger partial charge in [-0.2, -0.15) is 0 Å². The molecule has 0 bridgehead atoms. The van der Waals surface area contributed by atoms with Crippen LogP contribution in [0.25, 0.3) is 16.6 Å². The average Bonchev–Trinajstić information content (AvgIpc) is 3.20. The second kappa shape index (κ2) is 10.2. The van der Waals surface area contributed by atoms with Crippen molar-refractivity contribution in [2.75, 3.05) is 13.2 Å². The van der Waals surface area contributed by atoms with E-state index in [2.05, 4.69) is 6.58 Å². The molecule has 4 rings (SSSR count). The maximum absolute atomic E-state index is 13.7. The molecule has 1 aromatic heterocycles. The summed E-state index contributed by atoms with van der Waals surface area (Å²) in [5, 5.41) is 0.972. The van der Waals surface area contributed by atoms with Crippen molar-refractivity contribution in [3.63, 3.8) is 0 Å². The monoisotopic (exact) mass is 492 g/mol. The highest BCUT2D eigenvalue weighted by Crippen LogP contribution is 2.38. The van der Waals surface area contributed by atoms with E-state index >= 15 is 0 Å². The average molecular weight is 493 g/mol. The van der Waals surface area contributed by atoms with Crippen LogP contribution in [-0.2, 0) is 30.4 Å². The highest BCUT2D eigenvalue weighted by molar-refractivity contribution is 6.04. The van der Waals surface area contributed by atoms with Gasteiger partial charge in [0.15, 0.2) is 0 Å². The van der Waals surface area contributed by atoms with Crippen molar-refractivity contribution in [1.29, 1.82) is 0 Å². The van der Waals surface area contributed by atoms with Gasteiger partial charge in [-0.05, 0) is 50.4 Å². The number of esters is 2. The zero-order valence-corrected chi connectivity index (χ0v) is 20.7. The fraction of sp³-hybridized carbons (Fsp3) is 0.407. The molecule has 9 nitrogen and oxygen atoms in total. The number of benzene rings is 1. The Bertz CT molecular complexity index is 1270. The third-order valence-electron chi connectivity index (χ3n) is 7.01. The van der Waals surface area contributed by atoms with Gasteiger partial charge in [-0.15, -0.1) is 0 Å². The van der Waals surface area contributed by atoms with Crippen LogP contribution in [0, 0.1) is 0 Å². The van der Waals surface area contributed by atoms with Gasteiger partial charge in [-0.25, -0.2) is 9.78 Å². The minimum absolute atomic E-state index is 0.101. The first-order valence-electron chi connectivity index (χ1n) is 12.2. The van der Waals surface area contributed by atoms with Gasteiger partial charge in [0.2, 0.25) is 5.60 Å². The van der Waals surface area contributed by atoms with Crippen LogP contribution in [0.1, 0.15) is 50.8 Å². The van der Waals surface area contributed by atoms with Gasteiger partial charge < -0.3 is 25.8 Å². The van der Waals surface area contributed by atoms with Crippen LogP contribution in [0.5, 0.6) is 0 Å². The molecule has 0 radical (unpaired) electrons. The number of unbranched alkanes of at least 4 members (excludes halogenated alkanes) is 1. The second-order valence-electron chi connectivity index (χ2n) is 9.20. The molecule has 0 unspecified atom stereocenters. The van der Waals surface area contributed by atoms with E-state index in [-0.39, 0.29) is 24.5 Å². The second-order valence-corrected chi connectivity index (χ2v) is 9.20. The molecule has 0 fully saturated rings. The summed E-state index contributed by atoms with van der Waals surface area (Å²) >= 11 is 0. The summed E-state index contributed by atoms with van der Waals surface area (Å²) in [6.07, 6.45) is 1.87. The van der Waals surface area contributed by atoms with E-state index in [4.69, 9.17) is 25.9 Å². The lowest BCUT2D eigenvalue weighted by Crippen LogP contribution is -2.52. The number of para-hydroxylation sites is 1. The number of aromatic nitrogens is 1. The molecule has 36 heavy (non-hydrogen) atoms. The molecule has 1 aromatic carbocycles. The van der Waals surface area contributed by atoms with E-state index in [9.17, 15) is 14.4 Å². The molecule has 0 saturated heterocycles. The normalized spacial score (nSPS) is 20.4. The fourth-order valence-electron chi connectivity index (χ4n) is 4.74. The molecule has 3 heterocycles. The zero-order valence-electron chi connectivity index (χ0n) is 20.7. The summed E-state index contributed by atoms with van der Waals surface area (Å²) in [7, 11) is 0. The third kappa shape index (κ3) is 4.40. The number of nitrogens with zero attached hydrogens (tertiary/aromatic N) is 2. The van der Waals surface area contributed by atoms with Crippen molar-refractivity contribution < 1.29 is 23.9 Å². The summed E-state index contributed by atoms with van der Waals surface area (Å²) in [5.74, 6) is -1.79. The van der Waals surface area contributed by atoms with Crippen LogP contribution in [0.15, 0.2) is 48.1 Å². The molecule has 1 amide bonds. The molecule has 190 valence electrons. The van der Waals surface area contributed by atoms with Crippen LogP contribution in [0.4, 0.5) is 0 Å². The summed E-state index contributed by atoms with van der Waals surface area (Å²) < 4.78 is 11.1. The zero-order chi connectivity index (χ0) is 26.0. The first-order valence-corrected chi connectivity index (χ1v) is 12.2. The third-order valence-corrected chi connectivity index (χ3v) is 7.01. The molecular weight excluding hydrogens is 460 g/mol. The van der Waals surface area contributed by atoms with Crippen molar-refractivity contribution >= 4 is 34.4 Å². The highest BCUT2D eigenvalue weighted by Gasteiger charge is 2.50. The predicted octanol–water partition coefficient (Wildman–Crippen LogP) is 2.57. The molecule has 0 saturated carbocycles. The van der Waals surface area contributed by atoms with E-state index in [1.54, 1.807) is 13.8 Å². The Morgan fingerprint density at radius 1 is 1.31 bits per heavy atom. The Morgan fingerprint density at radius 3 is 2.78 bits per heavy atom. The summed E-state index contributed by atoms with van der Waals surface area (Å²) in [5.41, 5.74) is 13.2. The van der Waals surface area contributed by atoms with Crippen molar-refractivity contribution in [2.45, 2.75) is 57.7 Å². The van der Waals surface area contributed by atoms with E-state index in [0.29, 0.717) is 42.9 Å². The molecule has 0 spiro atoms. The number of nitrogens with two attached hydrogens (primary N) is 2. The smallest absolute Gasteiger partial charge is 0.355 e. The van der Waals surface area contributed by atoms with Gasteiger partial charge in [0, 0.05) is 10.9 Å². The number of hydrogen-bond donors (Lipinski definition) is 2. The minimum atomic E-state index is -1.72. The van der Waals surface area contributed by atoms with Gasteiger partial charge in [0.05, 0.1) is 29.0 Å². The number of amides is 1. The number of pyridine rings is 1. The van der Waals surface area contributed by atoms with Crippen LogP contribution in [0.3, 0.4) is 0 Å². The van der Waals surface area contributed by atoms with Crippen LogP contribution < -0.4 is 11.5 Å². The molecule has 0 aliphatic carbocycles. The van der Waals surface area contributed by atoms with Gasteiger partial charge in [-0.3, -0.25) is 9.59 Å². The summed E-state index contributed by atoms with van der Waals surface area (Å²) in [4.78, 5) is 45.6. The van der Waals surface area contributed by atoms with Crippen LogP contribution in [0.2, 0.25) is 0 Å². The Kier molecular flexibility index (Phi) is 7.23. The topological polar surface area (TPSA) is 138 Å². The quantitative estimate of drug-likeness (QED) is 0.424. The lowest BCUT2D eigenvalue weighted by molar-refractivity contribution is -0.181.